The Morgan fingerprint density at radius 1 is 1.20 bits per heavy atom. The molecule has 0 aromatic rings. The maximum atomic E-state index is 9.52. The standard InChI is InChI=1S/C17H30N2O/c1-17(2,3)14-6-5-13(12-18)16(11-14)19(9-10-20-4)15-7-8-15/h13-16H,5-11H2,1-4H3. The molecule has 20 heavy (non-hydrogen) atoms. The summed E-state index contributed by atoms with van der Waals surface area (Å²) in [6, 6.07) is 3.74. The van der Waals surface area contributed by atoms with Crippen LogP contribution in [0.5, 0.6) is 0 Å². The van der Waals surface area contributed by atoms with E-state index in [1.54, 1.807) is 7.11 Å². The van der Waals surface area contributed by atoms with Gasteiger partial charge in [0.1, 0.15) is 0 Å². The molecule has 2 aliphatic carbocycles. The molecule has 0 aromatic carbocycles. The maximum absolute atomic E-state index is 9.52. The highest BCUT2D eigenvalue weighted by Crippen LogP contribution is 2.43. The molecule has 2 rings (SSSR count). The fourth-order valence-electron chi connectivity index (χ4n) is 3.67. The average Bonchev–Trinajstić information content (AvgIpc) is 3.22. The summed E-state index contributed by atoms with van der Waals surface area (Å²) in [5, 5.41) is 9.52. The molecule has 0 N–H and O–H groups in total. The summed E-state index contributed by atoms with van der Waals surface area (Å²) in [7, 11) is 1.77. The Labute approximate surface area is 124 Å². The van der Waals surface area contributed by atoms with Crippen LogP contribution in [0.3, 0.4) is 0 Å². The van der Waals surface area contributed by atoms with Crippen LogP contribution in [0, 0.1) is 28.6 Å². The van der Waals surface area contributed by atoms with Gasteiger partial charge in [0.15, 0.2) is 0 Å². The van der Waals surface area contributed by atoms with Crippen LogP contribution in [-0.4, -0.2) is 37.2 Å². The second-order valence-electron chi connectivity index (χ2n) is 7.64. The lowest BCUT2D eigenvalue weighted by Gasteiger charge is -2.44. The summed E-state index contributed by atoms with van der Waals surface area (Å²) in [5.74, 6) is 0.951. The molecular formula is C17H30N2O. The van der Waals surface area contributed by atoms with Crippen LogP contribution in [0.15, 0.2) is 0 Å². The minimum absolute atomic E-state index is 0.214. The fraction of sp³-hybridized carbons (Fsp3) is 0.941. The van der Waals surface area contributed by atoms with E-state index in [0.29, 0.717) is 17.5 Å². The largest absolute Gasteiger partial charge is 0.383 e. The molecule has 3 heteroatoms. The van der Waals surface area contributed by atoms with Crippen molar-refractivity contribution in [2.75, 3.05) is 20.3 Å². The molecule has 0 aromatic heterocycles. The van der Waals surface area contributed by atoms with Crippen molar-refractivity contribution >= 4 is 0 Å². The first-order chi connectivity index (χ1) is 9.47. The van der Waals surface area contributed by atoms with Gasteiger partial charge < -0.3 is 4.74 Å². The Hall–Kier alpha value is -0.590. The topological polar surface area (TPSA) is 36.3 Å². The van der Waals surface area contributed by atoms with Crippen molar-refractivity contribution in [2.45, 2.75) is 65.0 Å². The second kappa shape index (κ2) is 6.45. The Balaban J connectivity index is 2.08. The highest BCUT2D eigenvalue weighted by molar-refractivity contribution is 5.02. The number of ether oxygens (including phenoxy) is 1. The van der Waals surface area contributed by atoms with Crippen molar-refractivity contribution in [3.8, 4) is 6.07 Å². The quantitative estimate of drug-likeness (QED) is 0.773. The van der Waals surface area contributed by atoms with E-state index in [2.05, 4.69) is 31.7 Å². The molecule has 0 bridgehead atoms. The minimum atomic E-state index is 0.214. The highest BCUT2D eigenvalue weighted by atomic mass is 16.5. The van der Waals surface area contributed by atoms with Gasteiger partial charge in [0.25, 0.3) is 0 Å². The van der Waals surface area contributed by atoms with Gasteiger partial charge in [0, 0.05) is 25.7 Å². The van der Waals surface area contributed by atoms with Gasteiger partial charge >= 0.3 is 0 Å². The summed E-state index contributed by atoms with van der Waals surface area (Å²) < 4.78 is 5.28. The number of hydrogen-bond donors (Lipinski definition) is 0. The van der Waals surface area contributed by atoms with Crippen LogP contribution >= 0.6 is 0 Å². The predicted octanol–water partition coefficient (Wildman–Crippen LogP) is 3.45. The van der Waals surface area contributed by atoms with Crippen molar-refractivity contribution in [2.24, 2.45) is 17.3 Å². The van der Waals surface area contributed by atoms with Gasteiger partial charge in [0.05, 0.1) is 18.6 Å². The predicted molar refractivity (Wildman–Crippen MR) is 81.3 cm³/mol. The molecule has 0 aliphatic heterocycles. The smallest absolute Gasteiger partial charge is 0.0672 e. The summed E-state index contributed by atoms with van der Waals surface area (Å²) in [6.45, 7) is 8.81. The summed E-state index contributed by atoms with van der Waals surface area (Å²) in [4.78, 5) is 2.59. The molecule has 3 unspecified atom stereocenters. The molecule has 0 saturated heterocycles. The van der Waals surface area contributed by atoms with E-state index in [1.807, 2.05) is 0 Å². The molecule has 2 saturated carbocycles. The molecule has 0 amide bonds. The third-order valence-electron chi connectivity index (χ3n) is 5.20. The van der Waals surface area contributed by atoms with Crippen LogP contribution in [0.25, 0.3) is 0 Å². The fourth-order valence-corrected chi connectivity index (χ4v) is 3.67. The van der Waals surface area contributed by atoms with E-state index in [-0.39, 0.29) is 5.92 Å². The number of rotatable bonds is 5. The molecule has 0 heterocycles. The first kappa shape index (κ1) is 15.8. The molecule has 3 atom stereocenters. The Morgan fingerprint density at radius 3 is 2.40 bits per heavy atom. The van der Waals surface area contributed by atoms with E-state index in [4.69, 9.17) is 4.74 Å². The molecule has 0 spiro atoms. The van der Waals surface area contributed by atoms with Crippen molar-refractivity contribution in [3.63, 3.8) is 0 Å². The lowest BCUT2D eigenvalue weighted by atomic mass is 9.67. The third-order valence-corrected chi connectivity index (χ3v) is 5.20. The number of nitrogens with zero attached hydrogens (tertiary/aromatic N) is 2. The highest BCUT2D eigenvalue weighted by Gasteiger charge is 2.42. The second-order valence-corrected chi connectivity index (χ2v) is 7.64. The van der Waals surface area contributed by atoms with Gasteiger partial charge in [-0.2, -0.15) is 5.26 Å². The van der Waals surface area contributed by atoms with E-state index < -0.39 is 0 Å². The number of methoxy groups -OCH3 is 1. The molecule has 2 aliphatic rings. The molecular weight excluding hydrogens is 248 g/mol. The van der Waals surface area contributed by atoms with Gasteiger partial charge in [0.2, 0.25) is 0 Å². The lowest BCUT2D eigenvalue weighted by Crippen LogP contribution is -2.48. The van der Waals surface area contributed by atoms with Crippen LogP contribution < -0.4 is 0 Å². The van der Waals surface area contributed by atoms with Gasteiger partial charge in [-0.3, -0.25) is 4.90 Å². The average molecular weight is 278 g/mol. The van der Waals surface area contributed by atoms with Gasteiger partial charge in [-0.25, -0.2) is 0 Å². The number of nitriles is 1. The van der Waals surface area contributed by atoms with Crippen LogP contribution in [0.2, 0.25) is 0 Å². The van der Waals surface area contributed by atoms with Crippen LogP contribution in [0.1, 0.15) is 52.9 Å². The summed E-state index contributed by atoms with van der Waals surface area (Å²) >= 11 is 0. The molecule has 0 radical (unpaired) electrons. The Bertz CT molecular complexity index is 351. The van der Waals surface area contributed by atoms with Crippen molar-refractivity contribution in [1.29, 1.82) is 5.26 Å². The van der Waals surface area contributed by atoms with Crippen molar-refractivity contribution in [1.82, 2.24) is 4.90 Å². The van der Waals surface area contributed by atoms with E-state index in [1.165, 1.54) is 25.7 Å². The Morgan fingerprint density at radius 2 is 1.90 bits per heavy atom. The maximum Gasteiger partial charge on any atom is 0.0672 e. The van der Waals surface area contributed by atoms with E-state index >= 15 is 0 Å². The minimum Gasteiger partial charge on any atom is -0.383 e. The monoisotopic (exact) mass is 278 g/mol. The van der Waals surface area contributed by atoms with Gasteiger partial charge in [-0.05, 0) is 43.4 Å². The molecule has 114 valence electrons. The number of hydrogen-bond acceptors (Lipinski definition) is 3. The zero-order chi connectivity index (χ0) is 14.8. The SMILES string of the molecule is COCCN(C1CC1)C1CC(C(C)(C)C)CCC1C#N. The zero-order valence-electron chi connectivity index (χ0n) is 13.6. The van der Waals surface area contributed by atoms with Crippen molar-refractivity contribution in [3.05, 3.63) is 0 Å². The third kappa shape index (κ3) is 3.74. The van der Waals surface area contributed by atoms with E-state index in [9.17, 15) is 5.26 Å². The summed E-state index contributed by atoms with van der Waals surface area (Å²) in [5.41, 5.74) is 0.356. The van der Waals surface area contributed by atoms with E-state index in [0.717, 1.165) is 25.5 Å². The zero-order valence-corrected chi connectivity index (χ0v) is 13.6. The molecule has 2 fully saturated rings. The van der Waals surface area contributed by atoms with Crippen molar-refractivity contribution < 1.29 is 4.74 Å². The Kier molecular flexibility index (Phi) is 5.09. The first-order valence-corrected chi connectivity index (χ1v) is 8.11. The molecule has 3 nitrogen and oxygen atoms in total. The first-order valence-electron chi connectivity index (χ1n) is 8.11. The van der Waals surface area contributed by atoms with Crippen LogP contribution in [-0.2, 0) is 4.74 Å². The normalized spacial score (nSPS) is 31.3. The van der Waals surface area contributed by atoms with Gasteiger partial charge in [-0.15, -0.1) is 0 Å². The van der Waals surface area contributed by atoms with Crippen LogP contribution in [0.4, 0.5) is 0 Å². The van der Waals surface area contributed by atoms with Gasteiger partial charge in [-0.1, -0.05) is 20.8 Å². The lowest BCUT2D eigenvalue weighted by molar-refractivity contribution is 0.0385. The summed E-state index contributed by atoms with van der Waals surface area (Å²) in [6.07, 6.45) is 6.07.